The Balaban J connectivity index is 2.45. The quantitative estimate of drug-likeness (QED) is 0.736. The van der Waals surface area contributed by atoms with E-state index in [1.165, 1.54) is 25.7 Å². The second-order valence-electron chi connectivity index (χ2n) is 4.61. The van der Waals surface area contributed by atoms with Gasteiger partial charge in [-0.1, -0.05) is 20.3 Å². The molecule has 1 rings (SSSR count). The summed E-state index contributed by atoms with van der Waals surface area (Å²) < 4.78 is 0. The van der Waals surface area contributed by atoms with E-state index in [4.69, 9.17) is 5.11 Å². The van der Waals surface area contributed by atoms with Crippen molar-refractivity contribution in [3.8, 4) is 0 Å². The van der Waals surface area contributed by atoms with Crippen molar-refractivity contribution in [1.29, 1.82) is 0 Å². The van der Waals surface area contributed by atoms with Crippen LogP contribution in [0.2, 0.25) is 0 Å². The molecule has 0 bridgehead atoms. The lowest BCUT2D eigenvalue weighted by molar-refractivity contribution is -0.138. The first-order valence-corrected chi connectivity index (χ1v) is 6.13. The first-order chi connectivity index (χ1) is 7.17. The summed E-state index contributed by atoms with van der Waals surface area (Å²) in [4.78, 5) is 12.9. The second-order valence-corrected chi connectivity index (χ2v) is 4.61. The van der Waals surface area contributed by atoms with Gasteiger partial charge in [0.25, 0.3) is 0 Å². The minimum absolute atomic E-state index is 0.217. The van der Waals surface area contributed by atoms with Crippen molar-refractivity contribution < 1.29 is 9.90 Å². The normalized spacial score (nSPS) is 26.1. The molecule has 1 aliphatic carbocycles. The van der Waals surface area contributed by atoms with Crippen molar-refractivity contribution in [2.24, 2.45) is 5.92 Å². The highest BCUT2D eigenvalue weighted by atomic mass is 16.4. The van der Waals surface area contributed by atoms with Gasteiger partial charge >= 0.3 is 5.97 Å². The summed E-state index contributed by atoms with van der Waals surface area (Å²) in [5.41, 5.74) is 0. The summed E-state index contributed by atoms with van der Waals surface area (Å²) in [6, 6.07) is 0.519. The SMILES string of the molecule is CCCN(CC(=O)O)C1CCC(CC)C1. The van der Waals surface area contributed by atoms with Crippen LogP contribution in [0, 0.1) is 5.92 Å². The number of rotatable bonds is 6. The van der Waals surface area contributed by atoms with Crippen LogP contribution in [0.3, 0.4) is 0 Å². The van der Waals surface area contributed by atoms with Crippen LogP contribution in [-0.2, 0) is 4.79 Å². The first-order valence-electron chi connectivity index (χ1n) is 6.13. The number of hydrogen-bond donors (Lipinski definition) is 1. The van der Waals surface area contributed by atoms with Crippen LogP contribution >= 0.6 is 0 Å². The average Bonchev–Trinajstić information content (AvgIpc) is 2.64. The van der Waals surface area contributed by atoms with E-state index in [2.05, 4.69) is 18.7 Å². The number of carboxylic acids is 1. The van der Waals surface area contributed by atoms with Gasteiger partial charge in [0.1, 0.15) is 0 Å². The van der Waals surface area contributed by atoms with Crippen LogP contribution in [0.25, 0.3) is 0 Å². The highest BCUT2D eigenvalue weighted by Crippen LogP contribution is 2.31. The van der Waals surface area contributed by atoms with Gasteiger partial charge in [0.15, 0.2) is 0 Å². The number of carbonyl (C=O) groups is 1. The fourth-order valence-electron chi connectivity index (χ4n) is 2.60. The summed E-state index contributed by atoms with van der Waals surface area (Å²) in [5.74, 6) is 0.131. The molecule has 1 N–H and O–H groups in total. The van der Waals surface area contributed by atoms with E-state index in [9.17, 15) is 4.79 Å². The summed E-state index contributed by atoms with van der Waals surface area (Å²) >= 11 is 0. The van der Waals surface area contributed by atoms with Gasteiger partial charge in [0.2, 0.25) is 0 Å². The Morgan fingerprint density at radius 3 is 2.60 bits per heavy atom. The third-order valence-corrected chi connectivity index (χ3v) is 3.46. The zero-order chi connectivity index (χ0) is 11.3. The molecule has 1 fully saturated rings. The first kappa shape index (κ1) is 12.5. The molecule has 1 saturated carbocycles. The fraction of sp³-hybridized carbons (Fsp3) is 0.917. The van der Waals surface area contributed by atoms with E-state index >= 15 is 0 Å². The molecule has 2 unspecified atom stereocenters. The molecular weight excluding hydrogens is 190 g/mol. The Hall–Kier alpha value is -0.570. The summed E-state index contributed by atoms with van der Waals surface area (Å²) in [5, 5.41) is 8.85. The lowest BCUT2D eigenvalue weighted by Crippen LogP contribution is -2.38. The molecule has 0 saturated heterocycles. The topological polar surface area (TPSA) is 40.5 Å². The fourth-order valence-corrected chi connectivity index (χ4v) is 2.60. The van der Waals surface area contributed by atoms with Crippen molar-refractivity contribution in [1.82, 2.24) is 4.90 Å². The van der Waals surface area contributed by atoms with E-state index in [0.717, 1.165) is 18.9 Å². The van der Waals surface area contributed by atoms with Gasteiger partial charge in [-0.25, -0.2) is 0 Å². The van der Waals surface area contributed by atoms with E-state index in [-0.39, 0.29) is 6.54 Å². The molecule has 0 aliphatic heterocycles. The maximum absolute atomic E-state index is 10.8. The zero-order valence-electron chi connectivity index (χ0n) is 9.91. The Kier molecular flexibility index (Phi) is 5.09. The lowest BCUT2D eigenvalue weighted by Gasteiger charge is -2.26. The summed E-state index contributed by atoms with van der Waals surface area (Å²) in [6.45, 7) is 5.48. The van der Waals surface area contributed by atoms with Crippen molar-refractivity contribution >= 4 is 5.97 Å². The Labute approximate surface area is 92.5 Å². The van der Waals surface area contributed by atoms with Gasteiger partial charge in [-0.05, 0) is 38.1 Å². The maximum atomic E-state index is 10.8. The molecule has 0 radical (unpaired) electrons. The summed E-state index contributed by atoms with van der Waals surface area (Å²) in [7, 11) is 0. The van der Waals surface area contributed by atoms with Crippen LogP contribution in [0.15, 0.2) is 0 Å². The highest BCUT2D eigenvalue weighted by molar-refractivity contribution is 5.69. The number of carboxylic acid groups (broad SMARTS) is 1. The molecule has 0 amide bonds. The lowest BCUT2D eigenvalue weighted by atomic mass is 10.1. The molecule has 15 heavy (non-hydrogen) atoms. The third-order valence-electron chi connectivity index (χ3n) is 3.46. The van der Waals surface area contributed by atoms with E-state index in [0.29, 0.717) is 6.04 Å². The van der Waals surface area contributed by atoms with E-state index in [1.54, 1.807) is 0 Å². The van der Waals surface area contributed by atoms with Crippen LogP contribution in [0.5, 0.6) is 0 Å². The Morgan fingerprint density at radius 2 is 2.13 bits per heavy atom. The second kappa shape index (κ2) is 6.11. The van der Waals surface area contributed by atoms with E-state index in [1.807, 2.05) is 0 Å². The molecule has 0 aromatic heterocycles. The average molecular weight is 213 g/mol. The Bertz CT molecular complexity index is 206. The third kappa shape index (κ3) is 3.82. The number of nitrogens with zero attached hydrogens (tertiary/aromatic N) is 1. The molecule has 88 valence electrons. The molecule has 1 aliphatic rings. The monoisotopic (exact) mass is 213 g/mol. The van der Waals surface area contributed by atoms with Gasteiger partial charge in [-0.15, -0.1) is 0 Å². The summed E-state index contributed by atoms with van der Waals surface area (Å²) in [6.07, 6.45) is 5.95. The van der Waals surface area contributed by atoms with Crippen LogP contribution in [-0.4, -0.2) is 35.1 Å². The van der Waals surface area contributed by atoms with Crippen LogP contribution in [0.4, 0.5) is 0 Å². The number of aliphatic carboxylic acids is 1. The largest absolute Gasteiger partial charge is 0.480 e. The van der Waals surface area contributed by atoms with Gasteiger partial charge in [-0.3, -0.25) is 9.69 Å². The van der Waals surface area contributed by atoms with Crippen molar-refractivity contribution in [3.05, 3.63) is 0 Å². The van der Waals surface area contributed by atoms with Crippen LogP contribution < -0.4 is 0 Å². The highest BCUT2D eigenvalue weighted by Gasteiger charge is 2.28. The molecule has 3 nitrogen and oxygen atoms in total. The van der Waals surface area contributed by atoms with Gasteiger partial charge in [0, 0.05) is 6.04 Å². The van der Waals surface area contributed by atoms with Gasteiger partial charge in [-0.2, -0.15) is 0 Å². The van der Waals surface area contributed by atoms with Crippen molar-refractivity contribution in [3.63, 3.8) is 0 Å². The molecule has 3 heteroatoms. The molecule has 0 aromatic rings. The van der Waals surface area contributed by atoms with Gasteiger partial charge < -0.3 is 5.11 Å². The zero-order valence-corrected chi connectivity index (χ0v) is 9.91. The smallest absolute Gasteiger partial charge is 0.317 e. The van der Waals surface area contributed by atoms with Crippen LogP contribution in [0.1, 0.15) is 46.0 Å². The maximum Gasteiger partial charge on any atom is 0.317 e. The van der Waals surface area contributed by atoms with E-state index < -0.39 is 5.97 Å². The number of hydrogen-bond acceptors (Lipinski definition) is 2. The minimum Gasteiger partial charge on any atom is -0.480 e. The predicted octanol–water partition coefficient (Wildman–Crippen LogP) is 2.36. The van der Waals surface area contributed by atoms with Crippen molar-refractivity contribution in [2.75, 3.05) is 13.1 Å². The molecule has 0 spiro atoms. The molecular formula is C12H23NO2. The predicted molar refractivity (Wildman–Crippen MR) is 60.9 cm³/mol. The minimum atomic E-state index is -0.691. The molecule has 2 atom stereocenters. The molecule has 0 aromatic carbocycles. The standard InChI is InChI=1S/C12H23NO2/c1-3-7-13(9-12(14)15)11-6-5-10(4-2)8-11/h10-11H,3-9H2,1-2H3,(H,14,15). The Morgan fingerprint density at radius 1 is 1.40 bits per heavy atom. The molecule has 0 heterocycles. The van der Waals surface area contributed by atoms with Crippen molar-refractivity contribution in [2.45, 2.75) is 52.0 Å². The van der Waals surface area contributed by atoms with Gasteiger partial charge in [0.05, 0.1) is 6.54 Å².